The van der Waals surface area contributed by atoms with Crippen molar-refractivity contribution in [3.05, 3.63) is 66.2 Å². The number of hydrogen-bond acceptors (Lipinski definition) is 8. The Bertz CT molecular complexity index is 1360. The van der Waals surface area contributed by atoms with Gasteiger partial charge in [0.2, 0.25) is 9.84 Å². The van der Waals surface area contributed by atoms with Crippen LogP contribution in [0.2, 0.25) is 0 Å². The van der Waals surface area contributed by atoms with Gasteiger partial charge in [0.1, 0.15) is 5.82 Å². The summed E-state index contributed by atoms with van der Waals surface area (Å²) in [6.45, 7) is 2.51. The van der Waals surface area contributed by atoms with E-state index in [4.69, 9.17) is 0 Å². The van der Waals surface area contributed by atoms with Crippen LogP contribution >= 0.6 is 0 Å². The van der Waals surface area contributed by atoms with E-state index in [1.807, 2.05) is 0 Å². The molecule has 8 nitrogen and oxygen atoms in total. The van der Waals surface area contributed by atoms with E-state index in [9.17, 15) is 17.2 Å². The predicted molar refractivity (Wildman–Crippen MR) is 125 cm³/mol. The summed E-state index contributed by atoms with van der Waals surface area (Å²) in [4.78, 5) is 2.52. The summed E-state index contributed by atoms with van der Waals surface area (Å²) >= 11 is 0. The number of anilines is 1. The molecule has 3 aliphatic rings. The van der Waals surface area contributed by atoms with E-state index in [-0.39, 0.29) is 27.5 Å². The van der Waals surface area contributed by atoms with E-state index in [2.05, 4.69) is 29.9 Å². The number of halogens is 2. The van der Waals surface area contributed by atoms with Gasteiger partial charge < -0.3 is 14.8 Å². The lowest BCUT2D eigenvalue weighted by Gasteiger charge is -2.20. The molecule has 3 heterocycles. The minimum absolute atomic E-state index is 0.0600. The van der Waals surface area contributed by atoms with E-state index in [1.165, 1.54) is 24.3 Å². The Balaban J connectivity index is 1.03. The number of benzene rings is 2. The van der Waals surface area contributed by atoms with Crippen LogP contribution < -0.4 is 14.8 Å². The smallest absolute Gasteiger partial charge is 0.395 e. The van der Waals surface area contributed by atoms with E-state index < -0.39 is 16.1 Å². The molecule has 36 heavy (non-hydrogen) atoms. The van der Waals surface area contributed by atoms with Gasteiger partial charge in [-0.15, -0.1) is 19.0 Å². The molecule has 11 heteroatoms. The quantitative estimate of drug-likeness (QED) is 0.529. The van der Waals surface area contributed by atoms with Crippen molar-refractivity contribution in [1.29, 1.82) is 0 Å². The third kappa shape index (κ3) is 4.48. The number of hydrogen-bond donors (Lipinski definition) is 1. The number of nitrogens with zero attached hydrogens (tertiary/aromatic N) is 3. The molecule has 1 saturated carbocycles. The standard InChI is InChI=1S/C25H24F2N4O4S/c26-25(27)34-21-7-6-16(10-22(21)35-25)13-31-14-17-11-19(12-18(17)15-31)28-23-8-9-24(30-29-23)36(32,33)20-4-2-1-3-5-20/h1-10,17-19H,11-15H2,(H,28,29)/t17-,18?,19+/m1/s1. The zero-order valence-electron chi connectivity index (χ0n) is 19.2. The number of sulfone groups is 1. The second-order valence-corrected chi connectivity index (χ2v) is 11.4. The van der Waals surface area contributed by atoms with Gasteiger partial charge in [0.05, 0.1) is 4.90 Å². The lowest BCUT2D eigenvalue weighted by molar-refractivity contribution is -0.286. The topological polar surface area (TPSA) is 93.7 Å². The summed E-state index contributed by atoms with van der Waals surface area (Å²) < 4.78 is 61.0. The maximum absolute atomic E-state index is 13.3. The first-order valence-corrected chi connectivity index (χ1v) is 13.2. The molecule has 3 aromatic rings. The van der Waals surface area contributed by atoms with Crippen molar-refractivity contribution in [1.82, 2.24) is 15.1 Å². The predicted octanol–water partition coefficient (Wildman–Crippen LogP) is 3.95. The van der Waals surface area contributed by atoms with Gasteiger partial charge in [-0.3, -0.25) is 4.90 Å². The molecule has 6 rings (SSSR count). The summed E-state index contributed by atoms with van der Waals surface area (Å²) in [7, 11) is -3.70. The van der Waals surface area contributed by atoms with E-state index in [0.29, 0.717) is 24.2 Å². The van der Waals surface area contributed by atoms with Crippen LogP contribution in [0.3, 0.4) is 0 Å². The molecular weight excluding hydrogens is 490 g/mol. The van der Waals surface area contributed by atoms with Gasteiger partial charge in [0.25, 0.3) is 0 Å². The van der Waals surface area contributed by atoms with Crippen LogP contribution in [0.1, 0.15) is 18.4 Å². The van der Waals surface area contributed by atoms with Crippen molar-refractivity contribution >= 4 is 15.7 Å². The molecule has 0 spiro atoms. The fraction of sp³-hybridized carbons (Fsp3) is 0.360. The highest BCUT2D eigenvalue weighted by molar-refractivity contribution is 7.91. The Hall–Kier alpha value is -3.31. The lowest BCUT2D eigenvalue weighted by Crippen LogP contribution is -2.26. The summed E-state index contributed by atoms with van der Waals surface area (Å²) in [6.07, 6.45) is -1.66. The normalized spacial score (nSPS) is 24.6. The first kappa shape index (κ1) is 23.1. The molecule has 1 unspecified atom stereocenters. The van der Waals surface area contributed by atoms with Crippen LogP contribution in [-0.4, -0.2) is 48.9 Å². The van der Waals surface area contributed by atoms with Crippen molar-refractivity contribution in [3.63, 3.8) is 0 Å². The van der Waals surface area contributed by atoms with Gasteiger partial charge in [-0.05, 0) is 66.6 Å². The SMILES string of the molecule is O=S(=O)(c1ccccc1)c1ccc(N[C@@H]2CC3CN(Cc4ccc5c(c4)OC(F)(F)O5)C[C@H]3C2)nn1. The number of alkyl halides is 2. The fourth-order valence-corrected chi connectivity index (χ4v) is 6.62. The Morgan fingerprint density at radius 2 is 1.67 bits per heavy atom. The lowest BCUT2D eigenvalue weighted by atomic mass is 10.0. The Kier molecular flexibility index (Phi) is 5.56. The van der Waals surface area contributed by atoms with E-state index >= 15 is 0 Å². The summed E-state index contributed by atoms with van der Waals surface area (Å²) in [5.41, 5.74) is 0.908. The Morgan fingerprint density at radius 3 is 2.36 bits per heavy atom. The van der Waals surface area contributed by atoms with Crippen LogP contribution in [0.4, 0.5) is 14.6 Å². The zero-order chi connectivity index (χ0) is 24.9. The molecule has 2 aromatic carbocycles. The Labute approximate surface area is 207 Å². The highest BCUT2D eigenvalue weighted by Gasteiger charge is 2.44. The van der Waals surface area contributed by atoms with Crippen molar-refractivity contribution in [2.45, 2.75) is 41.6 Å². The van der Waals surface area contributed by atoms with Crippen molar-refractivity contribution in [3.8, 4) is 11.5 Å². The third-order valence-electron chi connectivity index (χ3n) is 7.02. The number of aromatic nitrogens is 2. The molecule has 1 saturated heterocycles. The molecule has 2 fully saturated rings. The molecule has 3 atom stereocenters. The number of ether oxygens (including phenoxy) is 2. The molecular formula is C25H24F2N4O4S. The van der Waals surface area contributed by atoms with Gasteiger partial charge in [-0.1, -0.05) is 24.3 Å². The van der Waals surface area contributed by atoms with Gasteiger partial charge in [0, 0.05) is 25.7 Å². The van der Waals surface area contributed by atoms with Gasteiger partial charge in [0.15, 0.2) is 16.5 Å². The van der Waals surface area contributed by atoms with Crippen LogP contribution in [-0.2, 0) is 16.4 Å². The number of likely N-dealkylation sites (tertiary alicyclic amines) is 1. The molecule has 188 valence electrons. The second kappa shape index (κ2) is 8.67. The van der Waals surface area contributed by atoms with Crippen molar-refractivity contribution in [2.75, 3.05) is 18.4 Å². The maximum atomic E-state index is 13.3. The maximum Gasteiger partial charge on any atom is 0.586 e. The van der Waals surface area contributed by atoms with Crippen LogP contribution in [0.15, 0.2) is 70.6 Å². The first-order chi connectivity index (χ1) is 17.2. The average Bonchev–Trinajstić information content (AvgIpc) is 3.49. The highest BCUT2D eigenvalue weighted by Crippen LogP contribution is 2.43. The largest absolute Gasteiger partial charge is 0.586 e. The molecule has 1 N–H and O–H groups in total. The molecule has 1 aliphatic carbocycles. The van der Waals surface area contributed by atoms with E-state index in [0.717, 1.165) is 31.5 Å². The molecule has 2 aliphatic heterocycles. The minimum Gasteiger partial charge on any atom is -0.395 e. The number of nitrogens with one attached hydrogen (secondary N) is 1. The van der Waals surface area contributed by atoms with Gasteiger partial charge >= 0.3 is 6.29 Å². The monoisotopic (exact) mass is 514 g/mol. The molecule has 0 amide bonds. The van der Waals surface area contributed by atoms with Gasteiger partial charge in [-0.25, -0.2) is 8.42 Å². The number of fused-ring (bicyclic) bond motifs is 2. The minimum atomic E-state index is -3.70. The average molecular weight is 515 g/mol. The summed E-state index contributed by atoms with van der Waals surface area (Å²) in [5.74, 6) is 1.73. The Morgan fingerprint density at radius 1 is 0.944 bits per heavy atom. The fourth-order valence-electron chi connectivity index (χ4n) is 5.46. The van der Waals surface area contributed by atoms with Gasteiger partial charge in [-0.2, -0.15) is 0 Å². The summed E-state index contributed by atoms with van der Waals surface area (Å²) in [5, 5.41) is 11.4. The van der Waals surface area contributed by atoms with Crippen molar-refractivity contribution in [2.24, 2.45) is 11.8 Å². The zero-order valence-corrected chi connectivity index (χ0v) is 20.0. The third-order valence-corrected chi connectivity index (χ3v) is 8.68. The molecule has 0 radical (unpaired) electrons. The molecule has 0 bridgehead atoms. The van der Waals surface area contributed by atoms with E-state index in [1.54, 1.807) is 36.4 Å². The summed E-state index contributed by atoms with van der Waals surface area (Å²) in [6, 6.07) is 16.5. The van der Waals surface area contributed by atoms with Crippen LogP contribution in [0.5, 0.6) is 11.5 Å². The van der Waals surface area contributed by atoms with Crippen LogP contribution in [0.25, 0.3) is 0 Å². The molecule has 1 aromatic heterocycles. The highest BCUT2D eigenvalue weighted by atomic mass is 32.2. The second-order valence-electron chi connectivity index (χ2n) is 9.55. The number of rotatable bonds is 6. The van der Waals surface area contributed by atoms with Crippen molar-refractivity contribution < 1.29 is 26.7 Å². The first-order valence-electron chi connectivity index (χ1n) is 11.8. The van der Waals surface area contributed by atoms with Crippen LogP contribution in [0, 0.1) is 11.8 Å².